The second-order valence-corrected chi connectivity index (χ2v) is 12.3. The van der Waals surface area contributed by atoms with Gasteiger partial charge < -0.3 is 20.9 Å². The third kappa shape index (κ3) is 8.58. The highest BCUT2D eigenvalue weighted by molar-refractivity contribution is 5.95. The minimum atomic E-state index is -0.893. The summed E-state index contributed by atoms with van der Waals surface area (Å²) in [5.41, 5.74) is 1.05. The molecular weight excluding hydrogens is 615 g/mol. The molecule has 0 radical (unpaired) electrons. The van der Waals surface area contributed by atoms with Crippen molar-refractivity contribution >= 4 is 34.5 Å². The largest absolute Gasteiger partial charge is 0.354 e. The van der Waals surface area contributed by atoms with Crippen LogP contribution in [0.15, 0.2) is 60.7 Å². The van der Waals surface area contributed by atoms with Crippen LogP contribution in [0.25, 0.3) is 10.9 Å². The number of aryl methyl sites for hydroxylation is 1. The van der Waals surface area contributed by atoms with E-state index < -0.39 is 29.7 Å². The summed E-state index contributed by atoms with van der Waals surface area (Å²) in [7, 11) is 0. The molecule has 0 saturated carbocycles. The number of nitrogens with one attached hydrogen (secondary N) is 3. The Kier molecular flexibility index (Phi) is 11.1. The lowest BCUT2D eigenvalue weighted by Gasteiger charge is -2.26. The highest BCUT2D eigenvalue weighted by atomic mass is 19.1. The molecule has 48 heavy (non-hydrogen) atoms. The van der Waals surface area contributed by atoms with Gasteiger partial charge in [0, 0.05) is 37.9 Å². The number of pyridine rings is 1. The van der Waals surface area contributed by atoms with Gasteiger partial charge in [-0.15, -0.1) is 0 Å². The van der Waals surface area contributed by atoms with E-state index in [1.54, 1.807) is 36.1 Å². The van der Waals surface area contributed by atoms with Crippen LogP contribution in [-0.4, -0.2) is 74.0 Å². The first kappa shape index (κ1) is 34.1. The SMILES string of the molecule is Cc1nc2n(n1)CC(=O)NCCCN(C(=O)c1ccc3cccc(F)c3n1)CCCC(=O)N[C@H](Cc1ccccc1)C(=O)N[C@H]2C(C)C. The maximum atomic E-state index is 14.5. The Bertz CT molecular complexity index is 1780. The molecule has 0 aliphatic carbocycles. The summed E-state index contributed by atoms with van der Waals surface area (Å²) in [4.78, 5) is 64.2. The zero-order chi connectivity index (χ0) is 34.2. The summed E-state index contributed by atoms with van der Waals surface area (Å²) in [5.74, 6) is -1.18. The summed E-state index contributed by atoms with van der Waals surface area (Å²) >= 11 is 0. The summed E-state index contributed by atoms with van der Waals surface area (Å²) in [5, 5.41) is 13.8. The molecule has 4 amide bonds. The maximum Gasteiger partial charge on any atom is 0.272 e. The zero-order valence-electron chi connectivity index (χ0n) is 27.4. The molecule has 12 nitrogen and oxygen atoms in total. The topological polar surface area (TPSA) is 151 Å². The monoisotopic (exact) mass is 656 g/mol. The van der Waals surface area contributed by atoms with E-state index >= 15 is 0 Å². The molecule has 4 aromatic rings. The summed E-state index contributed by atoms with van der Waals surface area (Å²) < 4.78 is 16.0. The Hall–Kier alpha value is -5.20. The normalized spacial score (nSPS) is 18.8. The fourth-order valence-electron chi connectivity index (χ4n) is 5.75. The lowest BCUT2D eigenvalue weighted by Crippen LogP contribution is -2.50. The zero-order valence-corrected chi connectivity index (χ0v) is 27.4. The van der Waals surface area contributed by atoms with Crippen molar-refractivity contribution in [3.63, 3.8) is 0 Å². The lowest BCUT2D eigenvalue weighted by atomic mass is 10.0. The van der Waals surface area contributed by atoms with Crippen molar-refractivity contribution in [1.29, 1.82) is 0 Å². The Morgan fingerprint density at radius 3 is 2.48 bits per heavy atom. The van der Waals surface area contributed by atoms with Crippen LogP contribution in [0.5, 0.6) is 0 Å². The van der Waals surface area contributed by atoms with Gasteiger partial charge in [-0.3, -0.25) is 19.2 Å². The van der Waals surface area contributed by atoms with E-state index in [1.165, 1.54) is 10.7 Å². The number of aromatic nitrogens is 4. The molecule has 2 aromatic heterocycles. The van der Waals surface area contributed by atoms with Gasteiger partial charge in [-0.05, 0) is 43.4 Å². The minimum absolute atomic E-state index is 0.0555. The smallest absolute Gasteiger partial charge is 0.272 e. The molecule has 3 heterocycles. The summed E-state index contributed by atoms with van der Waals surface area (Å²) in [6.07, 6.45) is 1.05. The van der Waals surface area contributed by atoms with Gasteiger partial charge in [-0.2, -0.15) is 5.10 Å². The van der Waals surface area contributed by atoms with Gasteiger partial charge in [0.25, 0.3) is 5.91 Å². The average Bonchev–Trinajstić information content (AvgIpc) is 3.42. The van der Waals surface area contributed by atoms with Crippen LogP contribution in [0, 0.1) is 18.7 Å². The second-order valence-electron chi connectivity index (χ2n) is 12.3. The number of benzene rings is 2. The van der Waals surface area contributed by atoms with Crippen molar-refractivity contribution in [2.24, 2.45) is 5.92 Å². The summed E-state index contributed by atoms with van der Waals surface area (Å²) in [6.45, 7) is 6.23. The van der Waals surface area contributed by atoms with Gasteiger partial charge in [-0.25, -0.2) is 19.0 Å². The highest BCUT2D eigenvalue weighted by Gasteiger charge is 2.30. The van der Waals surface area contributed by atoms with Gasteiger partial charge in [0.2, 0.25) is 17.7 Å². The molecule has 1 aliphatic rings. The number of fused-ring (bicyclic) bond motifs is 2. The number of amides is 4. The molecule has 0 fully saturated rings. The van der Waals surface area contributed by atoms with E-state index in [0.717, 1.165) is 5.56 Å². The van der Waals surface area contributed by atoms with E-state index in [4.69, 9.17) is 0 Å². The second kappa shape index (κ2) is 15.6. The molecule has 0 saturated heterocycles. The standard InChI is InChI=1S/C35H41FN8O4/c1-22(2)31-33-38-23(3)42-44(33)21-30(46)37-17-9-19-43(35(48)27-16-15-25-12-7-13-26(36)32(25)40-27)18-8-14-29(45)39-28(34(47)41-31)20-24-10-5-4-6-11-24/h4-7,10-13,15-16,22,28,31H,8-9,14,17-21H2,1-3H3,(H,37,46)(H,39,45)(H,41,47)/t28-,31+/m1/s1. The predicted molar refractivity (Wildman–Crippen MR) is 177 cm³/mol. The van der Waals surface area contributed by atoms with Gasteiger partial charge in [0.15, 0.2) is 5.82 Å². The number of hydrogen-bond acceptors (Lipinski definition) is 7. The average molecular weight is 657 g/mol. The molecule has 5 rings (SSSR count). The Balaban J connectivity index is 1.40. The Labute approximate surface area is 278 Å². The quantitative estimate of drug-likeness (QED) is 0.305. The molecule has 252 valence electrons. The molecule has 0 spiro atoms. The van der Waals surface area contributed by atoms with Crippen molar-refractivity contribution in [3.05, 3.63) is 89.4 Å². The van der Waals surface area contributed by atoms with Gasteiger partial charge in [-0.1, -0.05) is 62.4 Å². The number of nitrogens with zero attached hydrogens (tertiary/aromatic N) is 5. The number of para-hydroxylation sites is 1. The van der Waals surface area contributed by atoms with E-state index in [2.05, 4.69) is 31.0 Å². The van der Waals surface area contributed by atoms with Crippen molar-refractivity contribution in [2.45, 2.75) is 65.1 Å². The van der Waals surface area contributed by atoms with Crippen LogP contribution < -0.4 is 16.0 Å². The van der Waals surface area contributed by atoms with Crippen LogP contribution in [0.1, 0.15) is 66.9 Å². The first-order valence-electron chi connectivity index (χ1n) is 16.2. The third-order valence-electron chi connectivity index (χ3n) is 8.21. The van der Waals surface area contributed by atoms with Crippen LogP contribution in [-0.2, 0) is 27.3 Å². The number of halogens is 1. The molecule has 0 bridgehead atoms. The van der Waals surface area contributed by atoms with Gasteiger partial charge >= 0.3 is 0 Å². The fraction of sp³-hybridized carbons (Fsp3) is 0.400. The molecule has 3 N–H and O–H groups in total. The maximum absolute atomic E-state index is 14.5. The lowest BCUT2D eigenvalue weighted by molar-refractivity contribution is -0.129. The van der Waals surface area contributed by atoms with Crippen molar-refractivity contribution in [1.82, 2.24) is 40.6 Å². The highest BCUT2D eigenvalue weighted by Crippen LogP contribution is 2.22. The van der Waals surface area contributed by atoms with Crippen molar-refractivity contribution < 1.29 is 23.6 Å². The number of rotatable bonds is 4. The van der Waals surface area contributed by atoms with Crippen molar-refractivity contribution in [2.75, 3.05) is 19.6 Å². The van der Waals surface area contributed by atoms with Crippen LogP contribution >= 0.6 is 0 Å². The first-order chi connectivity index (χ1) is 23.1. The van der Waals surface area contributed by atoms with Crippen LogP contribution in [0.4, 0.5) is 4.39 Å². The molecule has 2 atom stereocenters. The Morgan fingerprint density at radius 2 is 1.71 bits per heavy atom. The van der Waals surface area contributed by atoms with Crippen molar-refractivity contribution in [3.8, 4) is 0 Å². The minimum Gasteiger partial charge on any atom is -0.354 e. The number of carbonyl (C=O) groups is 4. The van der Waals surface area contributed by atoms with E-state index in [0.29, 0.717) is 29.9 Å². The number of hydrogen-bond donors (Lipinski definition) is 3. The molecule has 2 aromatic carbocycles. The van der Waals surface area contributed by atoms with Gasteiger partial charge in [0.1, 0.15) is 35.4 Å². The molecule has 13 heteroatoms. The van der Waals surface area contributed by atoms with Crippen LogP contribution in [0.2, 0.25) is 0 Å². The van der Waals surface area contributed by atoms with E-state index in [9.17, 15) is 23.6 Å². The first-order valence-corrected chi connectivity index (χ1v) is 16.2. The summed E-state index contributed by atoms with van der Waals surface area (Å²) in [6, 6.07) is 15.7. The number of carbonyl (C=O) groups excluding carboxylic acids is 4. The molecular formula is C35H41FN8O4. The predicted octanol–water partition coefficient (Wildman–Crippen LogP) is 3.26. The van der Waals surface area contributed by atoms with Gasteiger partial charge in [0.05, 0.1) is 6.04 Å². The molecule has 1 aliphatic heterocycles. The fourth-order valence-corrected chi connectivity index (χ4v) is 5.75. The molecule has 0 unspecified atom stereocenters. The Morgan fingerprint density at radius 1 is 0.938 bits per heavy atom. The third-order valence-corrected chi connectivity index (χ3v) is 8.21. The van der Waals surface area contributed by atoms with E-state index in [1.807, 2.05) is 44.2 Å². The van der Waals surface area contributed by atoms with E-state index in [-0.39, 0.29) is 68.0 Å². The van der Waals surface area contributed by atoms with Crippen LogP contribution in [0.3, 0.4) is 0 Å².